The van der Waals surface area contributed by atoms with E-state index in [4.69, 9.17) is 16.3 Å². The molecule has 1 amide bonds. The highest BCUT2D eigenvalue weighted by atomic mass is 35.5. The van der Waals surface area contributed by atoms with Gasteiger partial charge in [-0.05, 0) is 67.8 Å². The first-order valence-corrected chi connectivity index (χ1v) is 14.4. The van der Waals surface area contributed by atoms with E-state index < -0.39 is 22.5 Å². The highest BCUT2D eigenvalue weighted by Gasteiger charge is 2.27. The number of hydrazone groups is 1. The van der Waals surface area contributed by atoms with Crippen LogP contribution in [0.1, 0.15) is 11.1 Å². The SMILES string of the molecule is COc1ccc2cc(/C=N/NC(=O)CN(c3ccc(C)cc3)S(=O)(=O)c3ccc(SC)cc3)c(Cl)nc2c1. The molecule has 0 aliphatic heterocycles. The number of pyridine rings is 1. The molecule has 1 heterocycles. The molecule has 0 radical (unpaired) electrons. The standard InChI is InChI=1S/C27H25ClN4O4S2/c1-18-4-7-21(8-5-18)32(38(34,35)24-12-10-23(37-3)11-13-24)17-26(33)31-29-16-20-14-19-6-9-22(36-2)15-25(19)30-27(20)28/h4-16H,17H2,1-3H3,(H,31,33)/b29-16+. The Morgan fingerprint density at radius 3 is 2.47 bits per heavy atom. The molecule has 4 aromatic rings. The average molecular weight is 569 g/mol. The average Bonchev–Trinajstić information content (AvgIpc) is 2.92. The summed E-state index contributed by atoms with van der Waals surface area (Å²) >= 11 is 7.80. The summed E-state index contributed by atoms with van der Waals surface area (Å²) in [4.78, 5) is 18.2. The third kappa shape index (κ3) is 6.27. The number of hydrogen-bond acceptors (Lipinski definition) is 7. The van der Waals surface area contributed by atoms with E-state index in [0.717, 1.165) is 20.2 Å². The van der Waals surface area contributed by atoms with Crippen LogP contribution in [0.4, 0.5) is 5.69 Å². The summed E-state index contributed by atoms with van der Waals surface area (Å²) in [5.41, 5.74) is 4.86. The molecular weight excluding hydrogens is 544 g/mol. The van der Waals surface area contributed by atoms with Crippen LogP contribution in [0.3, 0.4) is 0 Å². The van der Waals surface area contributed by atoms with Gasteiger partial charge in [0, 0.05) is 21.9 Å². The Hall–Kier alpha value is -3.60. The number of carbonyl (C=O) groups is 1. The number of hydrogen-bond donors (Lipinski definition) is 1. The molecule has 3 aromatic carbocycles. The van der Waals surface area contributed by atoms with Gasteiger partial charge in [0.25, 0.3) is 15.9 Å². The van der Waals surface area contributed by atoms with Crippen LogP contribution in [0.25, 0.3) is 10.9 Å². The first-order chi connectivity index (χ1) is 18.2. The Balaban J connectivity index is 1.55. The summed E-state index contributed by atoms with van der Waals surface area (Å²) < 4.78 is 33.3. The predicted octanol–water partition coefficient (Wildman–Crippen LogP) is 5.27. The van der Waals surface area contributed by atoms with Crippen LogP contribution in [-0.4, -0.2) is 45.4 Å². The topological polar surface area (TPSA) is 101 Å². The highest BCUT2D eigenvalue weighted by molar-refractivity contribution is 7.98. The fraction of sp³-hybridized carbons (Fsp3) is 0.148. The van der Waals surface area contributed by atoms with Crippen molar-refractivity contribution in [1.29, 1.82) is 0 Å². The number of methoxy groups -OCH3 is 1. The van der Waals surface area contributed by atoms with E-state index in [0.29, 0.717) is 22.5 Å². The van der Waals surface area contributed by atoms with E-state index in [2.05, 4.69) is 15.5 Å². The normalized spacial score (nSPS) is 11.6. The zero-order chi connectivity index (χ0) is 27.3. The van der Waals surface area contributed by atoms with Crippen molar-refractivity contribution in [2.45, 2.75) is 16.7 Å². The molecule has 0 fully saturated rings. The number of nitrogens with one attached hydrogen (secondary N) is 1. The fourth-order valence-corrected chi connectivity index (χ4v) is 5.62. The molecular formula is C27H25ClN4O4S2. The molecule has 1 aromatic heterocycles. The number of carbonyl (C=O) groups excluding carboxylic acids is 1. The van der Waals surface area contributed by atoms with Crippen molar-refractivity contribution in [3.8, 4) is 5.75 Å². The van der Waals surface area contributed by atoms with Gasteiger partial charge >= 0.3 is 0 Å². The summed E-state index contributed by atoms with van der Waals surface area (Å²) in [5, 5.41) is 4.99. The lowest BCUT2D eigenvalue weighted by Gasteiger charge is -2.24. The number of sulfonamides is 1. The van der Waals surface area contributed by atoms with Crippen molar-refractivity contribution in [3.05, 3.63) is 89.1 Å². The minimum atomic E-state index is -4.03. The number of nitrogens with zero attached hydrogens (tertiary/aromatic N) is 3. The highest BCUT2D eigenvalue weighted by Crippen LogP contribution is 2.26. The van der Waals surface area contributed by atoms with E-state index in [1.807, 2.05) is 19.2 Å². The Bertz CT molecular complexity index is 1590. The predicted molar refractivity (Wildman–Crippen MR) is 153 cm³/mol. The molecule has 0 bridgehead atoms. The maximum atomic E-state index is 13.5. The molecule has 0 saturated carbocycles. The lowest BCUT2D eigenvalue weighted by atomic mass is 10.1. The van der Waals surface area contributed by atoms with Gasteiger partial charge in [0.15, 0.2) is 0 Å². The van der Waals surface area contributed by atoms with Crippen LogP contribution in [0.2, 0.25) is 5.15 Å². The summed E-state index contributed by atoms with van der Waals surface area (Å²) in [6, 6.07) is 20.6. The fourth-order valence-electron chi connectivity index (χ4n) is 3.60. The van der Waals surface area contributed by atoms with Crippen LogP contribution >= 0.6 is 23.4 Å². The van der Waals surface area contributed by atoms with E-state index in [1.165, 1.54) is 30.1 Å². The van der Waals surface area contributed by atoms with Gasteiger partial charge in [0.05, 0.1) is 29.4 Å². The number of aromatic nitrogens is 1. The van der Waals surface area contributed by atoms with Gasteiger partial charge in [-0.1, -0.05) is 29.3 Å². The number of fused-ring (bicyclic) bond motifs is 1. The Morgan fingerprint density at radius 1 is 1.11 bits per heavy atom. The number of ether oxygens (including phenoxy) is 1. The van der Waals surface area contributed by atoms with E-state index in [-0.39, 0.29) is 10.0 Å². The second-order valence-corrected chi connectivity index (χ2v) is 11.3. The largest absolute Gasteiger partial charge is 0.497 e. The number of rotatable bonds is 9. The second-order valence-electron chi connectivity index (χ2n) is 8.24. The van der Waals surface area contributed by atoms with E-state index >= 15 is 0 Å². The lowest BCUT2D eigenvalue weighted by molar-refractivity contribution is -0.119. The third-order valence-corrected chi connectivity index (χ3v) is 8.49. The van der Waals surface area contributed by atoms with Crippen molar-refractivity contribution < 1.29 is 17.9 Å². The number of anilines is 1. The van der Waals surface area contributed by atoms with Gasteiger partial charge in [-0.2, -0.15) is 5.10 Å². The van der Waals surface area contributed by atoms with Gasteiger partial charge < -0.3 is 4.74 Å². The van der Waals surface area contributed by atoms with E-state index in [9.17, 15) is 13.2 Å². The molecule has 0 unspecified atom stereocenters. The Morgan fingerprint density at radius 2 is 1.82 bits per heavy atom. The van der Waals surface area contributed by atoms with Crippen molar-refractivity contribution in [2.24, 2.45) is 5.10 Å². The third-order valence-electron chi connectivity index (χ3n) is 5.65. The maximum Gasteiger partial charge on any atom is 0.264 e. The molecule has 196 valence electrons. The molecule has 0 spiro atoms. The maximum absolute atomic E-state index is 13.5. The van der Waals surface area contributed by atoms with Crippen LogP contribution in [0.15, 0.2) is 87.7 Å². The molecule has 11 heteroatoms. The van der Waals surface area contributed by atoms with Crippen molar-refractivity contribution in [2.75, 3.05) is 24.2 Å². The van der Waals surface area contributed by atoms with Crippen molar-refractivity contribution >= 4 is 62.1 Å². The summed E-state index contributed by atoms with van der Waals surface area (Å²) in [6.45, 7) is 1.42. The molecule has 0 saturated heterocycles. The van der Waals surface area contributed by atoms with Gasteiger partial charge in [-0.25, -0.2) is 18.8 Å². The molecule has 38 heavy (non-hydrogen) atoms. The number of amides is 1. The summed E-state index contributed by atoms with van der Waals surface area (Å²) in [7, 11) is -2.46. The number of benzene rings is 3. The van der Waals surface area contributed by atoms with Gasteiger partial charge in [-0.3, -0.25) is 9.10 Å². The second kappa shape index (κ2) is 11.8. The molecule has 8 nitrogen and oxygen atoms in total. The molecule has 0 aliphatic carbocycles. The smallest absolute Gasteiger partial charge is 0.264 e. The quantitative estimate of drug-likeness (QED) is 0.128. The Labute approximate surface area is 230 Å². The van der Waals surface area contributed by atoms with Crippen molar-refractivity contribution in [3.63, 3.8) is 0 Å². The minimum Gasteiger partial charge on any atom is -0.497 e. The van der Waals surface area contributed by atoms with Crippen LogP contribution in [-0.2, 0) is 14.8 Å². The molecule has 4 rings (SSSR count). The molecule has 1 N–H and O–H groups in total. The lowest BCUT2D eigenvalue weighted by Crippen LogP contribution is -2.39. The van der Waals surface area contributed by atoms with Gasteiger partial charge in [-0.15, -0.1) is 11.8 Å². The van der Waals surface area contributed by atoms with Crippen molar-refractivity contribution in [1.82, 2.24) is 10.4 Å². The zero-order valence-electron chi connectivity index (χ0n) is 20.9. The number of thioether (sulfide) groups is 1. The zero-order valence-corrected chi connectivity index (χ0v) is 23.3. The van der Waals surface area contributed by atoms with Crippen LogP contribution in [0.5, 0.6) is 5.75 Å². The minimum absolute atomic E-state index is 0.0813. The first kappa shape index (κ1) is 27.4. The first-order valence-electron chi connectivity index (χ1n) is 11.4. The molecule has 0 aliphatic rings. The summed E-state index contributed by atoms with van der Waals surface area (Å²) in [6.07, 6.45) is 3.27. The molecule has 0 atom stereocenters. The summed E-state index contributed by atoms with van der Waals surface area (Å²) in [5.74, 6) is 0.0313. The van der Waals surface area contributed by atoms with Crippen LogP contribution in [0, 0.1) is 6.92 Å². The van der Waals surface area contributed by atoms with Gasteiger partial charge in [0.2, 0.25) is 0 Å². The van der Waals surface area contributed by atoms with E-state index in [1.54, 1.807) is 61.7 Å². The van der Waals surface area contributed by atoms with Crippen LogP contribution < -0.4 is 14.5 Å². The number of halogens is 1. The Kier molecular flexibility index (Phi) is 8.55. The van der Waals surface area contributed by atoms with Gasteiger partial charge in [0.1, 0.15) is 17.4 Å². The number of aryl methyl sites for hydroxylation is 1. The monoisotopic (exact) mass is 568 g/mol.